The summed E-state index contributed by atoms with van der Waals surface area (Å²) >= 11 is 0. The first-order chi connectivity index (χ1) is 5.79. The fourth-order valence-corrected chi connectivity index (χ4v) is 1.20. The van der Waals surface area contributed by atoms with Crippen LogP contribution in [-0.2, 0) is 0 Å². The van der Waals surface area contributed by atoms with E-state index in [9.17, 15) is 0 Å². The second-order valence-corrected chi connectivity index (χ2v) is 2.78. The lowest BCUT2D eigenvalue weighted by molar-refractivity contribution is 0.322. The molecule has 0 aliphatic carbocycles. The van der Waals surface area contributed by atoms with Gasteiger partial charge in [0.25, 0.3) is 0 Å². The van der Waals surface area contributed by atoms with Crippen LogP contribution in [0.25, 0.3) is 0 Å². The summed E-state index contributed by atoms with van der Waals surface area (Å²) in [6.07, 6.45) is 5.63. The zero-order valence-electron chi connectivity index (χ0n) is 6.97. The third-order valence-corrected chi connectivity index (χ3v) is 2.00. The van der Waals surface area contributed by atoms with Crippen LogP contribution >= 0.6 is 0 Å². The maximum atomic E-state index is 5.24. The number of anilines is 1. The van der Waals surface area contributed by atoms with Gasteiger partial charge in [-0.15, -0.1) is 0 Å². The van der Waals surface area contributed by atoms with Gasteiger partial charge in [-0.05, 0) is 19.1 Å². The first-order valence-electron chi connectivity index (χ1n) is 3.86. The minimum atomic E-state index is 0.190. The van der Waals surface area contributed by atoms with Crippen molar-refractivity contribution in [1.82, 2.24) is 5.01 Å². The Morgan fingerprint density at radius 2 is 2.42 bits per heavy atom. The van der Waals surface area contributed by atoms with E-state index >= 15 is 0 Å². The molecular formula is C9H11N2O. The number of likely N-dealkylation sites (N-methyl/N-ethyl adjacent to an activating group) is 1. The van der Waals surface area contributed by atoms with Gasteiger partial charge in [-0.1, -0.05) is 0 Å². The second-order valence-electron chi connectivity index (χ2n) is 2.78. The molecule has 0 fully saturated rings. The highest BCUT2D eigenvalue weighted by Crippen LogP contribution is 2.22. The first kappa shape index (κ1) is 7.43. The van der Waals surface area contributed by atoms with Gasteiger partial charge in [-0.2, -0.15) is 0 Å². The molecule has 1 unspecified atom stereocenters. The van der Waals surface area contributed by atoms with Crippen molar-refractivity contribution in [2.24, 2.45) is 0 Å². The highest BCUT2D eigenvalue weighted by Gasteiger charge is 2.21. The zero-order valence-corrected chi connectivity index (χ0v) is 6.97. The van der Waals surface area contributed by atoms with E-state index in [-0.39, 0.29) is 6.04 Å². The summed E-state index contributed by atoms with van der Waals surface area (Å²) in [5.74, 6) is 0.819. The number of hydrogen-bond acceptors (Lipinski definition) is 3. The summed E-state index contributed by atoms with van der Waals surface area (Å²) in [6, 6.07) is 3.97. The van der Waals surface area contributed by atoms with Gasteiger partial charge in [0.2, 0.25) is 5.88 Å². The standard InChI is InChI=1S/C9H11N2O/c1-8-5-6-11(10(8)2)9-4-3-7-12-9/h3-8H,1H2,2H3. The molecular weight excluding hydrogens is 152 g/mol. The molecule has 2 rings (SSSR count). The minimum absolute atomic E-state index is 0.190. The fourth-order valence-electron chi connectivity index (χ4n) is 1.20. The Bertz CT molecular complexity index is 279. The molecule has 1 aliphatic rings. The van der Waals surface area contributed by atoms with E-state index in [0.29, 0.717) is 0 Å². The van der Waals surface area contributed by atoms with E-state index in [1.165, 1.54) is 0 Å². The molecule has 3 nitrogen and oxygen atoms in total. The van der Waals surface area contributed by atoms with Crippen LogP contribution in [0.3, 0.4) is 0 Å². The summed E-state index contributed by atoms with van der Waals surface area (Å²) in [4.78, 5) is 0. The highest BCUT2D eigenvalue weighted by molar-refractivity contribution is 5.40. The average Bonchev–Trinajstić information content (AvgIpc) is 2.64. The van der Waals surface area contributed by atoms with E-state index in [1.807, 2.05) is 41.5 Å². The molecule has 1 atom stereocenters. The molecule has 0 saturated heterocycles. The van der Waals surface area contributed by atoms with Crippen molar-refractivity contribution in [3.05, 3.63) is 37.6 Å². The number of rotatable bonds is 1. The number of nitrogens with zero attached hydrogens (tertiary/aromatic N) is 2. The van der Waals surface area contributed by atoms with Gasteiger partial charge in [0.1, 0.15) is 0 Å². The van der Waals surface area contributed by atoms with Crippen LogP contribution in [0.4, 0.5) is 5.88 Å². The Morgan fingerprint density at radius 1 is 1.58 bits per heavy atom. The lowest BCUT2D eigenvalue weighted by atomic mass is 10.3. The molecule has 1 aromatic rings. The molecule has 0 spiro atoms. The molecule has 12 heavy (non-hydrogen) atoms. The average molecular weight is 163 g/mol. The lowest BCUT2D eigenvalue weighted by Gasteiger charge is -2.25. The van der Waals surface area contributed by atoms with Gasteiger partial charge in [-0.25, -0.2) is 5.01 Å². The first-order valence-corrected chi connectivity index (χ1v) is 3.86. The van der Waals surface area contributed by atoms with Gasteiger partial charge in [0.15, 0.2) is 0 Å². The van der Waals surface area contributed by atoms with Crippen molar-refractivity contribution in [2.45, 2.75) is 6.04 Å². The van der Waals surface area contributed by atoms with Crippen LogP contribution in [0.2, 0.25) is 0 Å². The topological polar surface area (TPSA) is 19.6 Å². The summed E-state index contributed by atoms with van der Waals surface area (Å²) in [6.45, 7) is 3.93. The second kappa shape index (κ2) is 2.68. The Balaban J connectivity index is 2.22. The summed E-state index contributed by atoms with van der Waals surface area (Å²) < 4.78 is 5.24. The van der Waals surface area contributed by atoms with Gasteiger partial charge in [-0.3, -0.25) is 5.01 Å². The van der Waals surface area contributed by atoms with E-state index in [4.69, 9.17) is 4.42 Å². The van der Waals surface area contributed by atoms with Crippen molar-refractivity contribution < 1.29 is 4.42 Å². The normalized spacial score (nSPS) is 23.8. The molecule has 0 N–H and O–H groups in total. The van der Waals surface area contributed by atoms with Crippen LogP contribution in [0.15, 0.2) is 35.1 Å². The largest absolute Gasteiger partial charge is 0.447 e. The maximum Gasteiger partial charge on any atom is 0.213 e. The predicted molar refractivity (Wildman–Crippen MR) is 47.2 cm³/mol. The summed E-state index contributed by atoms with van der Waals surface area (Å²) in [7, 11) is 1.97. The van der Waals surface area contributed by atoms with Gasteiger partial charge in [0, 0.05) is 25.4 Å². The van der Waals surface area contributed by atoms with Crippen LogP contribution in [0.5, 0.6) is 0 Å². The zero-order chi connectivity index (χ0) is 8.55. The Hall–Kier alpha value is -1.22. The Kier molecular flexibility index (Phi) is 1.66. The van der Waals surface area contributed by atoms with E-state index in [0.717, 1.165) is 5.88 Å². The Morgan fingerprint density at radius 3 is 2.92 bits per heavy atom. The number of furan rings is 1. The maximum absolute atomic E-state index is 5.24. The molecule has 1 radical (unpaired) electrons. The molecule has 0 aromatic carbocycles. The molecule has 3 heteroatoms. The van der Waals surface area contributed by atoms with Crippen molar-refractivity contribution in [1.29, 1.82) is 0 Å². The third-order valence-electron chi connectivity index (χ3n) is 2.00. The third kappa shape index (κ3) is 1.02. The van der Waals surface area contributed by atoms with Crippen LogP contribution in [-0.4, -0.2) is 18.1 Å². The van der Waals surface area contributed by atoms with Crippen molar-refractivity contribution in [3.63, 3.8) is 0 Å². The fraction of sp³-hybridized carbons (Fsp3) is 0.222. The summed E-state index contributed by atoms with van der Waals surface area (Å²) in [5.41, 5.74) is 0. The van der Waals surface area contributed by atoms with E-state index in [1.54, 1.807) is 6.26 Å². The van der Waals surface area contributed by atoms with Crippen LogP contribution < -0.4 is 5.01 Å². The molecule has 1 aliphatic heterocycles. The molecule has 2 heterocycles. The van der Waals surface area contributed by atoms with Crippen molar-refractivity contribution >= 4 is 5.88 Å². The summed E-state index contributed by atoms with van der Waals surface area (Å²) in [5, 5.41) is 3.93. The minimum Gasteiger partial charge on any atom is -0.447 e. The van der Waals surface area contributed by atoms with Gasteiger partial charge in [0.05, 0.1) is 6.26 Å². The number of hydrogen-bond donors (Lipinski definition) is 0. The highest BCUT2D eigenvalue weighted by atomic mass is 16.4. The predicted octanol–water partition coefficient (Wildman–Crippen LogP) is 1.66. The van der Waals surface area contributed by atoms with E-state index < -0.39 is 0 Å². The van der Waals surface area contributed by atoms with Gasteiger partial charge >= 0.3 is 0 Å². The molecule has 63 valence electrons. The van der Waals surface area contributed by atoms with E-state index in [2.05, 4.69) is 6.92 Å². The van der Waals surface area contributed by atoms with Gasteiger partial charge < -0.3 is 4.42 Å². The molecule has 0 bridgehead atoms. The molecule has 1 aromatic heterocycles. The Labute approximate surface area is 71.8 Å². The van der Waals surface area contributed by atoms with Crippen LogP contribution in [0.1, 0.15) is 0 Å². The van der Waals surface area contributed by atoms with Crippen molar-refractivity contribution in [2.75, 3.05) is 12.1 Å². The lowest BCUT2D eigenvalue weighted by Crippen LogP contribution is -2.35. The molecule has 0 amide bonds. The van der Waals surface area contributed by atoms with Crippen LogP contribution in [0, 0.1) is 6.92 Å². The number of hydrazine groups is 1. The monoisotopic (exact) mass is 163 g/mol. The SMILES string of the molecule is [CH2]C1C=CN(c2ccco2)N1C. The molecule has 0 saturated carbocycles. The quantitative estimate of drug-likeness (QED) is 0.627. The van der Waals surface area contributed by atoms with Crippen molar-refractivity contribution in [3.8, 4) is 0 Å². The smallest absolute Gasteiger partial charge is 0.213 e.